The molecule has 1 aromatic carbocycles. The first-order chi connectivity index (χ1) is 10.8. The molecule has 110 valence electrons. The van der Waals surface area contributed by atoms with Gasteiger partial charge in [-0.2, -0.15) is 0 Å². The molecule has 0 aliphatic rings. The lowest BCUT2D eigenvalue weighted by Gasteiger charge is -2.09. The average molecular weight is 308 g/mol. The van der Waals surface area contributed by atoms with Gasteiger partial charge in [-0.3, -0.25) is 9.36 Å². The molecule has 4 heteroatoms. The fraction of sp³-hybridized carbons (Fsp3) is 0.222. The minimum Gasteiger partial charge on any atom is -0.284 e. The minimum absolute atomic E-state index is 0.0356. The molecule has 0 amide bonds. The number of thiophene rings is 1. The zero-order valence-corrected chi connectivity index (χ0v) is 13.2. The Bertz CT molecular complexity index is 900. The summed E-state index contributed by atoms with van der Waals surface area (Å²) < 4.78 is 1.63. The highest BCUT2D eigenvalue weighted by Crippen LogP contribution is 2.30. The summed E-state index contributed by atoms with van der Waals surface area (Å²) in [5, 5.41) is 2.68. The number of rotatable bonds is 4. The quantitative estimate of drug-likeness (QED) is 0.689. The zero-order chi connectivity index (χ0) is 15.5. The minimum atomic E-state index is -0.0356. The lowest BCUT2D eigenvalue weighted by molar-refractivity contribution is 0.686. The Labute approximate surface area is 133 Å². The van der Waals surface area contributed by atoms with Crippen LogP contribution in [0.15, 0.2) is 40.5 Å². The molecular formula is C18H16N2OS. The van der Waals surface area contributed by atoms with Gasteiger partial charge in [-0.1, -0.05) is 43.2 Å². The van der Waals surface area contributed by atoms with Crippen molar-refractivity contribution in [2.75, 3.05) is 0 Å². The normalized spacial score (nSPS) is 10.7. The molecule has 0 bridgehead atoms. The Morgan fingerprint density at radius 2 is 2.09 bits per heavy atom. The number of hydrogen-bond donors (Lipinski definition) is 0. The van der Waals surface area contributed by atoms with E-state index in [2.05, 4.69) is 17.8 Å². The highest BCUT2D eigenvalue weighted by molar-refractivity contribution is 7.17. The van der Waals surface area contributed by atoms with Crippen molar-refractivity contribution in [2.24, 2.45) is 0 Å². The summed E-state index contributed by atoms with van der Waals surface area (Å²) in [6.07, 6.45) is 7.11. The number of hydrogen-bond acceptors (Lipinski definition) is 3. The number of benzene rings is 1. The second-order valence-corrected chi connectivity index (χ2v) is 5.93. The molecule has 0 spiro atoms. The van der Waals surface area contributed by atoms with Crippen molar-refractivity contribution in [3.05, 3.63) is 51.9 Å². The van der Waals surface area contributed by atoms with Gasteiger partial charge >= 0.3 is 0 Å². The van der Waals surface area contributed by atoms with E-state index in [1.54, 1.807) is 4.57 Å². The van der Waals surface area contributed by atoms with Crippen LogP contribution in [0.5, 0.6) is 0 Å². The average Bonchev–Trinajstić information content (AvgIpc) is 2.96. The molecule has 0 N–H and O–H groups in total. The smallest absolute Gasteiger partial charge is 0.263 e. The molecule has 3 aromatic rings. The van der Waals surface area contributed by atoms with Crippen LogP contribution in [0.25, 0.3) is 21.3 Å². The zero-order valence-electron chi connectivity index (χ0n) is 12.4. The second-order valence-electron chi connectivity index (χ2n) is 5.07. The van der Waals surface area contributed by atoms with Crippen LogP contribution < -0.4 is 5.56 Å². The van der Waals surface area contributed by atoms with Crippen LogP contribution in [-0.2, 0) is 13.0 Å². The van der Waals surface area contributed by atoms with E-state index in [0.717, 1.165) is 34.6 Å². The molecule has 0 saturated carbocycles. The monoisotopic (exact) mass is 308 g/mol. The molecule has 0 unspecified atom stereocenters. The van der Waals surface area contributed by atoms with Crippen molar-refractivity contribution in [1.29, 1.82) is 0 Å². The van der Waals surface area contributed by atoms with Gasteiger partial charge in [0.2, 0.25) is 0 Å². The Morgan fingerprint density at radius 1 is 1.32 bits per heavy atom. The van der Waals surface area contributed by atoms with E-state index in [0.29, 0.717) is 5.39 Å². The van der Waals surface area contributed by atoms with Crippen molar-refractivity contribution < 1.29 is 0 Å². The Kier molecular flexibility index (Phi) is 4.08. The molecular weight excluding hydrogens is 292 g/mol. The predicted molar refractivity (Wildman–Crippen MR) is 92.1 cm³/mol. The highest BCUT2D eigenvalue weighted by Gasteiger charge is 2.16. The van der Waals surface area contributed by atoms with Crippen molar-refractivity contribution in [2.45, 2.75) is 26.3 Å². The van der Waals surface area contributed by atoms with Crippen molar-refractivity contribution in [3.63, 3.8) is 0 Å². The van der Waals surface area contributed by atoms with Crippen LogP contribution in [0.2, 0.25) is 0 Å². The first-order valence-corrected chi connectivity index (χ1v) is 8.14. The molecule has 22 heavy (non-hydrogen) atoms. The number of aromatic nitrogens is 2. The third-order valence-electron chi connectivity index (χ3n) is 3.58. The maximum atomic E-state index is 12.9. The fourth-order valence-corrected chi connectivity index (χ4v) is 3.52. The van der Waals surface area contributed by atoms with Gasteiger partial charge in [-0.05, 0) is 12.0 Å². The van der Waals surface area contributed by atoms with E-state index >= 15 is 0 Å². The van der Waals surface area contributed by atoms with Crippen molar-refractivity contribution in [3.8, 4) is 23.5 Å². The van der Waals surface area contributed by atoms with Gasteiger partial charge in [0.25, 0.3) is 5.56 Å². The first-order valence-electron chi connectivity index (χ1n) is 7.26. The molecule has 0 radical (unpaired) electrons. The van der Waals surface area contributed by atoms with Crippen LogP contribution in [0.1, 0.15) is 19.2 Å². The van der Waals surface area contributed by atoms with Gasteiger partial charge in [0.1, 0.15) is 10.7 Å². The lowest BCUT2D eigenvalue weighted by atomic mass is 10.1. The van der Waals surface area contributed by atoms with E-state index in [9.17, 15) is 4.79 Å². The summed E-state index contributed by atoms with van der Waals surface area (Å²) in [5.74, 6) is 3.34. The van der Waals surface area contributed by atoms with Gasteiger partial charge in [0.05, 0.1) is 11.9 Å². The predicted octanol–water partition coefficient (Wildman–Crippen LogP) is 3.71. The highest BCUT2D eigenvalue weighted by atomic mass is 32.1. The maximum Gasteiger partial charge on any atom is 0.263 e. The maximum absolute atomic E-state index is 12.9. The van der Waals surface area contributed by atoms with Crippen LogP contribution >= 0.6 is 11.3 Å². The molecule has 2 heterocycles. The SMILES string of the molecule is C#CCn1c(CCC)nc2scc(-c3ccccc3)c2c1=O. The molecule has 0 atom stereocenters. The summed E-state index contributed by atoms with van der Waals surface area (Å²) in [5.41, 5.74) is 1.93. The molecule has 0 fully saturated rings. The van der Waals surface area contributed by atoms with Gasteiger partial charge in [-0.15, -0.1) is 17.8 Å². The van der Waals surface area contributed by atoms with Crippen LogP contribution in [0.4, 0.5) is 0 Å². The summed E-state index contributed by atoms with van der Waals surface area (Å²) in [7, 11) is 0. The molecule has 3 nitrogen and oxygen atoms in total. The van der Waals surface area contributed by atoms with E-state index in [1.807, 2.05) is 35.7 Å². The summed E-state index contributed by atoms with van der Waals surface area (Å²) in [6.45, 7) is 2.33. The van der Waals surface area contributed by atoms with E-state index in [4.69, 9.17) is 6.42 Å². The topological polar surface area (TPSA) is 34.9 Å². The molecule has 2 aromatic heterocycles. The Morgan fingerprint density at radius 3 is 2.77 bits per heavy atom. The number of fused-ring (bicyclic) bond motifs is 1. The molecule has 0 aliphatic heterocycles. The van der Waals surface area contributed by atoms with Crippen molar-refractivity contribution in [1.82, 2.24) is 9.55 Å². The third kappa shape index (κ3) is 2.44. The van der Waals surface area contributed by atoms with Gasteiger partial charge < -0.3 is 0 Å². The van der Waals surface area contributed by atoms with Gasteiger partial charge in [0.15, 0.2) is 0 Å². The van der Waals surface area contributed by atoms with E-state index in [1.165, 1.54) is 11.3 Å². The Balaban J connectivity index is 2.30. The standard InChI is InChI=1S/C18H16N2OS/c1-3-8-15-19-17-16(18(21)20(15)11-4-2)14(12-22-17)13-9-6-5-7-10-13/h2,5-7,9-10,12H,3,8,11H2,1H3. The summed E-state index contributed by atoms with van der Waals surface area (Å²) in [4.78, 5) is 18.4. The fourth-order valence-electron chi connectivity index (χ4n) is 2.57. The lowest BCUT2D eigenvalue weighted by Crippen LogP contribution is -2.24. The van der Waals surface area contributed by atoms with Crippen molar-refractivity contribution >= 4 is 21.6 Å². The summed E-state index contributed by atoms with van der Waals surface area (Å²) in [6, 6.07) is 9.92. The first kappa shape index (κ1) is 14.6. The number of aryl methyl sites for hydroxylation is 1. The van der Waals surface area contributed by atoms with Crippen LogP contribution in [0, 0.1) is 12.3 Å². The van der Waals surface area contributed by atoms with Gasteiger partial charge in [-0.25, -0.2) is 4.98 Å². The molecule has 3 rings (SSSR count). The molecule has 0 saturated heterocycles. The third-order valence-corrected chi connectivity index (χ3v) is 4.45. The second kappa shape index (κ2) is 6.17. The van der Waals surface area contributed by atoms with Crippen LogP contribution in [-0.4, -0.2) is 9.55 Å². The summed E-state index contributed by atoms with van der Waals surface area (Å²) >= 11 is 1.51. The van der Waals surface area contributed by atoms with Gasteiger partial charge in [0, 0.05) is 17.4 Å². The number of terminal acetylenes is 1. The van der Waals surface area contributed by atoms with E-state index < -0.39 is 0 Å². The van der Waals surface area contributed by atoms with E-state index in [-0.39, 0.29) is 12.1 Å². The number of nitrogens with zero attached hydrogens (tertiary/aromatic N) is 2. The Hall–Kier alpha value is -2.38. The molecule has 0 aliphatic carbocycles. The largest absolute Gasteiger partial charge is 0.284 e. The van der Waals surface area contributed by atoms with Crippen LogP contribution in [0.3, 0.4) is 0 Å².